The van der Waals surface area contributed by atoms with Gasteiger partial charge in [0.25, 0.3) is 0 Å². The summed E-state index contributed by atoms with van der Waals surface area (Å²) in [5.41, 5.74) is 3.60. The zero-order valence-electron chi connectivity index (χ0n) is 8.61. The summed E-state index contributed by atoms with van der Waals surface area (Å²) >= 11 is 6.08. The van der Waals surface area contributed by atoms with Crippen LogP contribution in [0.3, 0.4) is 0 Å². The van der Waals surface area contributed by atoms with Gasteiger partial charge in [-0.1, -0.05) is 23.7 Å². The highest BCUT2D eigenvalue weighted by Crippen LogP contribution is 2.24. The summed E-state index contributed by atoms with van der Waals surface area (Å²) in [5.74, 6) is 0. The highest BCUT2D eigenvalue weighted by atomic mass is 35.5. The Hall–Kier alpha value is -0.530. The Morgan fingerprint density at radius 2 is 1.69 bits per heavy atom. The van der Waals surface area contributed by atoms with Gasteiger partial charge in [-0.15, -0.1) is 0 Å². The van der Waals surface area contributed by atoms with Gasteiger partial charge in [0.15, 0.2) is 0 Å². The van der Waals surface area contributed by atoms with E-state index in [4.69, 9.17) is 11.6 Å². The molecule has 0 fully saturated rings. The Kier molecular flexibility index (Phi) is 3.34. The predicted octanol–water partition coefficient (Wildman–Crippen LogP) is 3.24. The summed E-state index contributed by atoms with van der Waals surface area (Å²) in [5, 5.41) is 4.09. The van der Waals surface area contributed by atoms with Gasteiger partial charge in [0.2, 0.25) is 0 Å². The average molecular weight is 198 g/mol. The topological polar surface area (TPSA) is 12.0 Å². The van der Waals surface area contributed by atoms with Crippen LogP contribution in [0, 0.1) is 13.8 Å². The van der Waals surface area contributed by atoms with Crippen LogP contribution in [0.1, 0.15) is 29.7 Å². The lowest BCUT2D eigenvalue weighted by atomic mass is 10.0. The standard InChI is InChI=1S/C11H16ClN/c1-7-5-10(9(3)13-4)6-8(2)11(7)12/h5-6,9,13H,1-4H3. The van der Waals surface area contributed by atoms with E-state index in [-0.39, 0.29) is 0 Å². The van der Waals surface area contributed by atoms with E-state index >= 15 is 0 Å². The molecule has 72 valence electrons. The quantitative estimate of drug-likeness (QED) is 0.768. The van der Waals surface area contributed by atoms with Crippen molar-refractivity contribution >= 4 is 11.6 Å². The van der Waals surface area contributed by atoms with Crippen LogP contribution in [-0.2, 0) is 0 Å². The molecule has 0 spiro atoms. The Bertz CT molecular complexity index is 284. The van der Waals surface area contributed by atoms with Crippen molar-refractivity contribution in [2.45, 2.75) is 26.8 Å². The van der Waals surface area contributed by atoms with E-state index < -0.39 is 0 Å². The molecule has 1 unspecified atom stereocenters. The van der Waals surface area contributed by atoms with Crippen LogP contribution in [-0.4, -0.2) is 7.05 Å². The van der Waals surface area contributed by atoms with Crippen molar-refractivity contribution in [3.63, 3.8) is 0 Å². The molecule has 0 aliphatic rings. The van der Waals surface area contributed by atoms with Gasteiger partial charge in [-0.05, 0) is 44.5 Å². The molecule has 0 aliphatic heterocycles. The van der Waals surface area contributed by atoms with Crippen LogP contribution >= 0.6 is 11.6 Å². The maximum atomic E-state index is 6.08. The summed E-state index contributed by atoms with van der Waals surface area (Å²) in [6.07, 6.45) is 0. The van der Waals surface area contributed by atoms with E-state index in [1.165, 1.54) is 5.56 Å². The molecular weight excluding hydrogens is 182 g/mol. The van der Waals surface area contributed by atoms with Crippen molar-refractivity contribution in [3.8, 4) is 0 Å². The minimum atomic E-state index is 0.384. The van der Waals surface area contributed by atoms with Crippen molar-refractivity contribution in [3.05, 3.63) is 33.8 Å². The molecule has 2 heteroatoms. The lowest BCUT2D eigenvalue weighted by Crippen LogP contribution is -2.12. The third-order valence-corrected chi connectivity index (χ3v) is 2.99. The molecule has 1 N–H and O–H groups in total. The molecule has 0 radical (unpaired) electrons. The molecule has 13 heavy (non-hydrogen) atoms. The number of benzene rings is 1. The van der Waals surface area contributed by atoms with Crippen LogP contribution < -0.4 is 5.32 Å². The summed E-state index contributed by atoms with van der Waals surface area (Å²) < 4.78 is 0. The van der Waals surface area contributed by atoms with E-state index in [9.17, 15) is 0 Å². The molecule has 0 saturated carbocycles. The zero-order chi connectivity index (χ0) is 10.0. The van der Waals surface area contributed by atoms with Gasteiger partial charge in [-0.2, -0.15) is 0 Å². The molecule has 1 nitrogen and oxygen atoms in total. The number of hydrogen-bond acceptors (Lipinski definition) is 1. The molecule has 0 aliphatic carbocycles. The van der Waals surface area contributed by atoms with Gasteiger partial charge in [-0.3, -0.25) is 0 Å². The molecular formula is C11H16ClN. The van der Waals surface area contributed by atoms with Crippen LogP contribution in [0.25, 0.3) is 0 Å². The molecule has 1 aromatic carbocycles. The Morgan fingerprint density at radius 1 is 1.23 bits per heavy atom. The van der Waals surface area contributed by atoms with Gasteiger partial charge in [0.05, 0.1) is 0 Å². The molecule has 0 heterocycles. The number of rotatable bonds is 2. The molecule has 0 bridgehead atoms. The SMILES string of the molecule is CNC(C)c1cc(C)c(Cl)c(C)c1. The maximum absolute atomic E-state index is 6.08. The van der Waals surface area contributed by atoms with E-state index in [0.717, 1.165) is 16.1 Å². The lowest BCUT2D eigenvalue weighted by molar-refractivity contribution is 0.651. The van der Waals surface area contributed by atoms with Crippen LogP contribution in [0.2, 0.25) is 5.02 Å². The number of nitrogens with one attached hydrogen (secondary N) is 1. The summed E-state index contributed by atoms with van der Waals surface area (Å²) in [7, 11) is 1.96. The molecule has 1 aromatic rings. The molecule has 0 amide bonds. The number of hydrogen-bond donors (Lipinski definition) is 1. The van der Waals surface area contributed by atoms with Gasteiger partial charge >= 0.3 is 0 Å². The van der Waals surface area contributed by atoms with Gasteiger partial charge < -0.3 is 5.32 Å². The number of aryl methyl sites for hydroxylation is 2. The van der Waals surface area contributed by atoms with E-state index in [0.29, 0.717) is 6.04 Å². The van der Waals surface area contributed by atoms with Crippen molar-refractivity contribution in [2.24, 2.45) is 0 Å². The Labute approximate surface area is 85.1 Å². The number of halogens is 1. The monoisotopic (exact) mass is 197 g/mol. The second-order valence-corrected chi connectivity index (χ2v) is 3.86. The minimum absolute atomic E-state index is 0.384. The average Bonchev–Trinajstić information content (AvgIpc) is 2.12. The highest BCUT2D eigenvalue weighted by Gasteiger charge is 2.06. The third-order valence-electron chi connectivity index (χ3n) is 2.39. The van der Waals surface area contributed by atoms with Gasteiger partial charge in [0.1, 0.15) is 0 Å². The van der Waals surface area contributed by atoms with Crippen LogP contribution in [0.5, 0.6) is 0 Å². The first kappa shape index (κ1) is 10.6. The normalized spacial score (nSPS) is 13.0. The third kappa shape index (κ3) is 2.23. The first-order valence-electron chi connectivity index (χ1n) is 4.50. The minimum Gasteiger partial charge on any atom is -0.313 e. The Morgan fingerprint density at radius 3 is 2.08 bits per heavy atom. The summed E-state index contributed by atoms with van der Waals surface area (Å²) in [6.45, 7) is 6.23. The van der Waals surface area contributed by atoms with Crippen LogP contribution in [0.15, 0.2) is 12.1 Å². The molecule has 1 atom stereocenters. The van der Waals surface area contributed by atoms with E-state index in [1.807, 2.05) is 20.9 Å². The van der Waals surface area contributed by atoms with Crippen molar-refractivity contribution < 1.29 is 0 Å². The fourth-order valence-electron chi connectivity index (χ4n) is 1.40. The van der Waals surface area contributed by atoms with Gasteiger partial charge in [-0.25, -0.2) is 0 Å². The fourth-order valence-corrected chi connectivity index (χ4v) is 1.51. The van der Waals surface area contributed by atoms with E-state index in [1.54, 1.807) is 0 Å². The van der Waals surface area contributed by atoms with E-state index in [2.05, 4.69) is 24.4 Å². The highest BCUT2D eigenvalue weighted by molar-refractivity contribution is 6.32. The largest absolute Gasteiger partial charge is 0.313 e. The first-order valence-corrected chi connectivity index (χ1v) is 4.88. The lowest BCUT2D eigenvalue weighted by Gasteiger charge is -2.13. The molecule has 0 aromatic heterocycles. The second kappa shape index (κ2) is 4.12. The molecule has 0 saturated heterocycles. The smallest absolute Gasteiger partial charge is 0.0464 e. The second-order valence-electron chi connectivity index (χ2n) is 3.48. The first-order chi connectivity index (χ1) is 6.06. The fraction of sp³-hybridized carbons (Fsp3) is 0.455. The molecule has 1 rings (SSSR count). The maximum Gasteiger partial charge on any atom is 0.0464 e. The Balaban J connectivity index is 3.13. The van der Waals surface area contributed by atoms with Crippen LogP contribution in [0.4, 0.5) is 0 Å². The predicted molar refractivity (Wildman–Crippen MR) is 58.4 cm³/mol. The van der Waals surface area contributed by atoms with Gasteiger partial charge in [0, 0.05) is 11.1 Å². The zero-order valence-corrected chi connectivity index (χ0v) is 9.37. The summed E-state index contributed by atoms with van der Waals surface area (Å²) in [6, 6.07) is 4.65. The summed E-state index contributed by atoms with van der Waals surface area (Å²) in [4.78, 5) is 0. The van der Waals surface area contributed by atoms with Crippen molar-refractivity contribution in [1.29, 1.82) is 0 Å². The van der Waals surface area contributed by atoms with Crippen molar-refractivity contribution in [1.82, 2.24) is 5.32 Å². The van der Waals surface area contributed by atoms with Crippen molar-refractivity contribution in [2.75, 3.05) is 7.05 Å².